The Labute approximate surface area is 135 Å². The Hall–Kier alpha value is -2.54. The van der Waals surface area contributed by atoms with Crippen molar-refractivity contribution < 1.29 is 0 Å². The molecular formula is C22H19N. The van der Waals surface area contributed by atoms with E-state index in [4.69, 9.17) is 0 Å². The summed E-state index contributed by atoms with van der Waals surface area (Å²) in [5, 5.41) is 5.45. The zero-order chi connectivity index (χ0) is 15.8. The standard InChI is InChI=1S/C22H19N/c1-22(2,3)14-12-17-15-8-4-6-10-19(15)23-20-11-7-5-9-16(20)18(13-14)21(17)23/h4-13H,1-3H3. The molecule has 0 atom stereocenters. The highest BCUT2D eigenvalue weighted by atomic mass is 14.9. The monoisotopic (exact) mass is 297 g/mol. The summed E-state index contributed by atoms with van der Waals surface area (Å²) in [6, 6.07) is 22.3. The van der Waals surface area contributed by atoms with Gasteiger partial charge in [0.1, 0.15) is 0 Å². The molecule has 3 aromatic carbocycles. The quantitative estimate of drug-likeness (QED) is 0.323. The van der Waals surface area contributed by atoms with Crippen molar-refractivity contribution in [3.8, 4) is 0 Å². The number of fused-ring (bicyclic) bond motifs is 6. The van der Waals surface area contributed by atoms with Crippen LogP contribution in [0.15, 0.2) is 60.7 Å². The lowest BCUT2D eigenvalue weighted by molar-refractivity contribution is 0.592. The van der Waals surface area contributed by atoms with Gasteiger partial charge in [0.25, 0.3) is 0 Å². The molecule has 23 heavy (non-hydrogen) atoms. The van der Waals surface area contributed by atoms with Crippen molar-refractivity contribution in [1.82, 2.24) is 4.40 Å². The molecular weight excluding hydrogens is 278 g/mol. The largest absolute Gasteiger partial charge is 0.308 e. The van der Waals surface area contributed by atoms with Gasteiger partial charge in [-0.25, -0.2) is 0 Å². The molecule has 0 aliphatic heterocycles. The Morgan fingerprint density at radius 1 is 0.652 bits per heavy atom. The lowest BCUT2D eigenvalue weighted by atomic mass is 9.85. The molecule has 5 rings (SSSR count). The molecule has 0 saturated heterocycles. The van der Waals surface area contributed by atoms with E-state index in [9.17, 15) is 0 Å². The highest BCUT2D eigenvalue weighted by molar-refractivity contribution is 6.23. The molecule has 0 bridgehead atoms. The summed E-state index contributed by atoms with van der Waals surface area (Å²) in [4.78, 5) is 0. The number of para-hydroxylation sites is 2. The Morgan fingerprint density at radius 3 is 1.61 bits per heavy atom. The normalized spacial score (nSPS) is 13.0. The van der Waals surface area contributed by atoms with Gasteiger partial charge in [0.15, 0.2) is 0 Å². The van der Waals surface area contributed by atoms with Crippen molar-refractivity contribution in [2.24, 2.45) is 0 Å². The van der Waals surface area contributed by atoms with Crippen molar-refractivity contribution >= 4 is 38.1 Å². The molecule has 0 fully saturated rings. The predicted octanol–water partition coefficient (Wildman–Crippen LogP) is 6.13. The molecule has 0 aliphatic rings. The first-order valence-electron chi connectivity index (χ1n) is 8.23. The minimum Gasteiger partial charge on any atom is -0.308 e. The molecule has 1 nitrogen and oxygen atoms in total. The smallest absolute Gasteiger partial charge is 0.0620 e. The Bertz CT molecular complexity index is 1100. The maximum absolute atomic E-state index is 2.43. The first kappa shape index (κ1) is 13.0. The molecule has 1 heteroatoms. The second-order valence-corrected chi connectivity index (χ2v) is 7.54. The van der Waals surface area contributed by atoms with Crippen LogP contribution in [0.4, 0.5) is 0 Å². The van der Waals surface area contributed by atoms with E-state index >= 15 is 0 Å². The SMILES string of the molecule is CC(C)(C)c1cc2c3ccccc3n3c4ccccc4c(c1)c23. The van der Waals surface area contributed by atoms with Crippen LogP contribution in [0.3, 0.4) is 0 Å². The fourth-order valence-corrected chi connectivity index (χ4v) is 3.88. The molecule has 0 N–H and O–H groups in total. The number of rotatable bonds is 0. The van der Waals surface area contributed by atoms with Gasteiger partial charge in [-0.15, -0.1) is 0 Å². The van der Waals surface area contributed by atoms with E-state index in [0.717, 1.165) is 0 Å². The Morgan fingerprint density at radius 2 is 1.13 bits per heavy atom. The van der Waals surface area contributed by atoms with Crippen LogP contribution >= 0.6 is 0 Å². The third kappa shape index (κ3) is 1.57. The molecule has 0 unspecified atom stereocenters. The van der Waals surface area contributed by atoms with Crippen LogP contribution in [-0.4, -0.2) is 4.40 Å². The average molecular weight is 297 g/mol. The van der Waals surface area contributed by atoms with Crippen LogP contribution in [0.1, 0.15) is 26.3 Å². The van der Waals surface area contributed by atoms with Crippen molar-refractivity contribution in [1.29, 1.82) is 0 Å². The molecule has 2 heterocycles. The zero-order valence-corrected chi connectivity index (χ0v) is 13.7. The summed E-state index contributed by atoms with van der Waals surface area (Å²) in [6.45, 7) is 6.88. The van der Waals surface area contributed by atoms with E-state index in [2.05, 4.69) is 85.8 Å². The highest BCUT2D eigenvalue weighted by Crippen LogP contribution is 2.41. The maximum Gasteiger partial charge on any atom is 0.0620 e. The lowest BCUT2D eigenvalue weighted by Gasteiger charge is -2.19. The van der Waals surface area contributed by atoms with Gasteiger partial charge in [-0.05, 0) is 35.2 Å². The van der Waals surface area contributed by atoms with Gasteiger partial charge in [-0.2, -0.15) is 0 Å². The molecule has 0 aliphatic carbocycles. The molecule has 0 amide bonds. The highest BCUT2D eigenvalue weighted by Gasteiger charge is 2.21. The Kier molecular flexibility index (Phi) is 2.28. The van der Waals surface area contributed by atoms with Crippen LogP contribution in [0.2, 0.25) is 0 Å². The van der Waals surface area contributed by atoms with E-state index in [1.165, 1.54) is 43.7 Å². The minimum atomic E-state index is 0.144. The number of hydrogen-bond acceptors (Lipinski definition) is 0. The zero-order valence-electron chi connectivity index (χ0n) is 13.7. The first-order chi connectivity index (χ1) is 11.1. The molecule has 112 valence electrons. The van der Waals surface area contributed by atoms with E-state index in [1.54, 1.807) is 0 Å². The van der Waals surface area contributed by atoms with Crippen LogP contribution < -0.4 is 0 Å². The topological polar surface area (TPSA) is 4.41 Å². The Balaban J connectivity index is 2.17. The van der Waals surface area contributed by atoms with Crippen molar-refractivity contribution in [3.63, 3.8) is 0 Å². The summed E-state index contributed by atoms with van der Waals surface area (Å²) < 4.78 is 2.43. The number of aromatic nitrogens is 1. The summed E-state index contributed by atoms with van der Waals surface area (Å²) in [6.07, 6.45) is 0. The predicted molar refractivity (Wildman–Crippen MR) is 99.8 cm³/mol. The summed E-state index contributed by atoms with van der Waals surface area (Å²) in [5.41, 5.74) is 5.52. The molecule has 0 radical (unpaired) electrons. The van der Waals surface area contributed by atoms with Crippen LogP contribution in [0.25, 0.3) is 38.1 Å². The van der Waals surface area contributed by atoms with Gasteiger partial charge < -0.3 is 4.40 Å². The second-order valence-electron chi connectivity index (χ2n) is 7.54. The second kappa shape index (κ2) is 4.05. The molecule has 0 spiro atoms. The fourth-order valence-electron chi connectivity index (χ4n) is 3.88. The van der Waals surface area contributed by atoms with E-state index in [1.807, 2.05) is 0 Å². The van der Waals surface area contributed by atoms with Crippen LogP contribution in [-0.2, 0) is 5.41 Å². The lowest BCUT2D eigenvalue weighted by Crippen LogP contribution is -2.10. The van der Waals surface area contributed by atoms with Gasteiger partial charge in [0.2, 0.25) is 0 Å². The summed E-state index contributed by atoms with van der Waals surface area (Å²) >= 11 is 0. The van der Waals surface area contributed by atoms with Gasteiger partial charge in [-0.1, -0.05) is 57.2 Å². The van der Waals surface area contributed by atoms with Crippen molar-refractivity contribution in [3.05, 3.63) is 66.2 Å². The van der Waals surface area contributed by atoms with Crippen molar-refractivity contribution in [2.75, 3.05) is 0 Å². The number of nitrogens with zero attached hydrogens (tertiary/aromatic N) is 1. The third-order valence-electron chi connectivity index (χ3n) is 5.07. The fraction of sp³-hybridized carbons (Fsp3) is 0.182. The molecule has 0 saturated carbocycles. The van der Waals surface area contributed by atoms with E-state index in [-0.39, 0.29) is 5.41 Å². The number of hydrogen-bond donors (Lipinski definition) is 0. The molecule has 2 aromatic heterocycles. The molecule has 5 aromatic rings. The van der Waals surface area contributed by atoms with Crippen LogP contribution in [0.5, 0.6) is 0 Å². The first-order valence-corrected chi connectivity index (χ1v) is 8.23. The van der Waals surface area contributed by atoms with Gasteiger partial charge >= 0.3 is 0 Å². The van der Waals surface area contributed by atoms with Crippen molar-refractivity contribution in [2.45, 2.75) is 26.2 Å². The van der Waals surface area contributed by atoms with E-state index in [0.29, 0.717) is 0 Å². The number of benzene rings is 3. The van der Waals surface area contributed by atoms with Gasteiger partial charge in [0, 0.05) is 21.5 Å². The minimum absolute atomic E-state index is 0.144. The van der Waals surface area contributed by atoms with Gasteiger partial charge in [-0.3, -0.25) is 0 Å². The third-order valence-corrected chi connectivity index (χ3v) is 5.07. The average Bonchev–Trinajstić information content (AvgIpc) is 3.05. The van der Waals surface area contributed by atoms with Gasteiger partial charge in [0.05, 0.1) is 16.6 Å². The summed E-state index contributed by atoms with van der Waals surface area (Å²) in [7, 11) is 0. The van der Waals surface area contributed by atoms with Crippen LogP contribution in [0, 0.1) is 0 Å². The van der Waals surface area contributed by atoms with E-state index < -0.39 is 0 Å². The summed E-state index contributed by atoms with van der Waals surface area (Å²) in [5.74, 6) is 0. The maximum atomic E-state index is 2.43.